The predicted molar refractivity (Wildman–Crippen MR) is 34.2 cm³/mol. The molecule has 0 amide bonds. The lowest BCUT2D eigenvalue weighted by atomic mass is 10.2. The number of halogens is 1. The summed E-state index contributed by atoms with van der Waals surface area (Å²) in [6.07, 6.45) is 0.616. The summed E-state index contributed by atoms with van der Waals surface area (Å²) in [6.45, 7) is 1.25. The molecule has 1 fully saturated rings. The zero-order valence-electron chi connectivity index (χ0n) is 4.51. The number of hydrogen-bond donors (Lipinski definition) is 1. The van der Waals surface area contributed by atoms with Crippen LogP contribution in [-0.4, -0.2) is 29.3 Å². The Hall–Kier alpha value is 0.400. The van der Waals surface area contributed by atoms with Gasteiger partial charge in [0.15, 0.2) is 0 Å². The lowest BCUT2D eigenvalue weighted by Gasteiger charge is -2.22. The van der Waals surface area contributed by atoms with Gasteiger partial charge in [-0.1, -0.05) is 15.9 Å². The standard InChI is InChI=1S/C5H9BrO2/c6-4-1-2-8-3-5(4)7/h4-5,7H,1-3H2/t4-,5-/m1/s1. The van der Waals surface area contributed by atoms with E-state index in [1.54, 1.807) is 0 Å². The number of aliphatic hydroxyl groups is 1. The van der Waals surface area contributed by atoms with Crippen molar-refractivity contribution in [1.82, 2.24) is 0 Å². The molecular formula is C5H9BrO2. The highest BCUT2D eigenvalue weighted by molar-refractivity contribution is 9.09. The number of rotatable bonds is 0. The van der Waals surface area contributed by atoms with E-state index in [1.807, 2.05) is 0 Å². The first kappa shape index (κ1) is 6.52. The zero-order chi connectivity index (χ0) is 5.98. The smallest absolute Gasteiger partial charge is 0.0899 e. The van der Waals surface area contributed by atoms with E-state index in [9.17, 15) is 0 Å². The van der Waals surface area contributed by atoms with Gasteiger partial charge in [0.25, 0.3) is 0 Å². The van der Waals surface area contributed by atoms with Crippen LogP contribution in [0.1, 0.15) is 6.42 Å². The highest BCUT2D eigenvalue weighted by Gasteiger charge is 2.19. The maximum absolute atomic E-state index is 9.01. The predicted octanol–water partition coefficient (Wildman–Crippen LogP) is 0.531. The lowest BCUT2D eigenvalue weighted by Crippen LogP contribution is -2.32. The molecule has 0 aromatic heterocycles. The van der Waals surface area contributed by atoms with Gasteiger partial charge in [-0.05, 0) is 6.42 Å². The Labute approximate surface area is 57.0 Å². The molecule has 0 spiro atoms. The second-order valence-electron chi connectivity index (χ2n) is 1.95. The first-order valence-electron chi connectivity index (χ1n) is 2.70. The average Bonchev–Trinajstić information content (AvgIpc) is 1.77. The number of ether oxygens (including phenoxy) is 1. The molecule has 1 saturated heterocycles. The van der Waals surface area contributed by atoms with Crippen LogP contribution in [0, 0.1) is 0 Å². The molecule has 1 aliphatic heterocycles. The minimum absolute atomic E-state index is 0.247. The third-order valence-electron chi connectivity index (χ3n) is 1.24. The molecule has 48 valence electrons. The van der Waals surface area contributed by atoms with E-state index in [0.717, 1.165) is 13.0 Å². The molecule has 1 aliphatic rings. The quantitative estimate of drug-likeness (QED) is 0.552. The van der Waals surface area contributed by atoms with Crippen LogP contribution in [0.25, 0.3) is 0 Å². The third-order valence-corrected chi connectivity index (χ3v) is 2.31. The van der Waals surface area contributed by atoms with Crippen molar-refractivity contribution in [1.29, 1.82) is 0 Å². The van der Waals surface area contributed by atoms with Crippen molar-refractivity contribution in [2.24, 2.45) is 0 Å². The van der Waals surface area contributed by atoms with E-state index in [0.29, 0.717) is 6.61 Å². The van der Waals surface area contributed by atoms with E-state index >= 15 is 0 Å². The molecule has 0 aromatic rings. The van der Waals surface area contributed by atoms with Crippen molar-refractivity contribution in [3.8, 4) is 0 Å². The minimum atomic E-state index is -0.302. The van der Waals surface area contributed by atoms with Crippen molar-refractivity contribution in [2.45, 2.75) is 17.4 Å². The summed E-state index contributed by atoms with van der Waals surface area (Å²) in [7, 11) is 0. The maximum atomic E-state index is 9.01. The van der Waals surface area contributed by atoms with E-state index in [4.69, 9.17) is 9.84 Å². The van der Waals surface area contributed by atoms with Gasteiger partial charge >= 0.3 is 0 Å². The molecule has 8 heavy (non-hydrogen) atoms. The Morgan fingerprint density at radius 3 is 2.75 bits per heavy atom. The fourth-order valence-corrected chi connectivity index (χ4v) is 1.04. The fourth-order valence-electron chi connectivity index (χ4n) is 0.697. The normalized spacial score (nSPS) is 39.8. The molecule has 0 unspecified atom stereocenters. The van der Waals surface area contributed by atoms with E-state index in [2.05, 4.69) is 15.9 Å². The largest absolute Gasteiger partial charge is 0.390 e. The molecule has 2 nitrogen and oxygen atoms in total. The van der Waals surface area contributed by atoms with E-state index in [1.165, 1.54) is 0 Å². The van der Waals surface area contributed by atoms with Gasteiger partial charge in [0.1, 0.15) is 0 Å². The first-order chi connectivity index (χ1) is 3.80. The summed E-state index contributed by atoms with van der Waals surface area (Å²) in [5, 5.41) is 9.01. The van der Waals surface area contributed by atoms with Crippen molar-refractivity contribution in [2.75, 3.05) is 13.2 Å². The number of hydrogen-bond acceptors (Lipinski definition) is 2. The van der Waals surface area contributed by atoms with Crippen LogP contribution in [0.2, 0.25) is 0 Å². The van der Waals surface area contributed by atoms with Gasteiger partial charge in [-0.2, -0.15) is 0 Å². The van der Waals surface area contributed by atoms with Gasteiger partial charge in [0, 0.05) is 11.4 Å². The van der Waals surface area contributed by atoms with Crippen LogP contribution < -0.4 is 0 Å². The zero-order valence-corrected chi connectivity index (χ0v) is 6.10. The summed E-state index contributed by atoms with van der Waals surface area (Å²) >= 11 is 3.32. The maximum Gasteiger partial charge on any atom is 0.0899 e. The summed E-state index contributed by atoms with van der Waals surface area (Å²) < 4.78 is 4.97. The Morgan fingerprint density at radius 1 is 1.62 bits per heavy atom. The fraction of sp³-hybridized carbons (Fsp3) is 1.00. The second-order valence-corrected chi connectivity index (χ2v) is 3.12. The van der Waals surface area contributed by atoms with Crippen LogP contribution in [0.5, 0.6) is 0 Å². The molecule has 3 heteroatoms. The van der Waals surface area contributed by atoms with Crippen molar-refractivity contribution < 1.29 is 9.84 Å². The molecule has 0 saturated carbocycles. The second kappa shape index (κ2) is 2.80. The van der Waals surface area contributed by atoms with Gasteiger partial charge < -0.3 is 9.84 Å². The first-order valence-corrected chi connectivity index (χ1v) is 3.62. The number of aliphatic hydroxyl groups excluding tert-OH is 1. The number of alkyl halides is 1. The molecular weight excluding hydrogens is 172 g/mol. The van der Waals surface area contributed by atoms with E-state index < -0.39 is 0 Å². The van der Waals surface area contributed by atoms with Crippen LogP contribution >= 0.6 is 15.9 Å². The summed E-state index contributed by atoms with van der Waals surface area (Å²) in [6, 6.07) is 0. The van der Waals surface area contributed by atoms with E-state index in [-0.39, 0.29) is 10.9 Å². The van der Waals surface area contributed by atoms with Gasteiger partial charge in [-0.3, -0.25) is 0 Å². The monoisotopic (exact) mass is 180 g/mol. The molecule has 2 atom stereocenters. The van der Waals surface area contributed by atoms with Crippen molar-refractivity contribution in [3.63, 3.8) is 0 Å². The topological polar surface area (TPSA) is 29.5 Å². The van der Waals surface area contributed by atoms with Crippen LogP contribution in [0.4, 0.5) is 0 Å². The minimum Gasteiger partial charge on any atom is -0.390 e. The summed E-state index contributed by atoms with van der Waals surface area (Å²) in [5.41, 5.74) is 0. The highest BCUT2D eigenvalue weighted by Crippen LogP contribution is 2.15. The van der Waals surface area contributed by atoms with Gasteiger partial charge in [-0.25, -0.2) is 0 Å². The van der Waals surface area contributed by atoms with Crippen LogP contribution in [-0.2, 0) is 4.74 Å². The average molecular weight is 181 g/mol. The van der Waals surface area contributed by atoms with Crippen molar-refractivity contribution >= 4 is 15.9 Å². The Balaban J connectivity index is 2.28. The lowest BCUT2D eigenvalue weighted by molar-refractivity contribution is 0.000696. The Morgan fingerprint density at radius 2 is 2.38 bits per heavy atom. The molecule has 0 aromatic carbocycles. The van der Waals surface area contributed by atoms with Gasteiger partial charge in [-0.15, -0.1) is 0 Å². The van der Waals surface area contributed by atoms with Crippen molar-refractivity contribution in [3.05, 3.63) is 0 Å². The molecule has 1 N–H and O–H groups in total. The van der Waals surface area contributed by atoms with Gasteiger partial charge in [0.2, 0.25) is 0 Å². The third kappa shape index (κ3) is 1.44. The molecule has 1 rings (SSSR count). The summed E-state index contributed by atoms with van der Waals surface area (Å²) in [4.78, 5) is 0.247. The van der Waals surface area contributed by atoms with Crippen LogP contribution in [0.3, 0.4) is 0 Å². The molecule has 0 bridgehead atoms. The molecule has 1 heterocycles. The Kier molecular flexibility index (Phi) is 2.28. The Bertz CT molecular complexity index is 66.8. The molecule has 0 aliphatic carbocycles. The van der Waals surface area contributed by atoms with Crippen LogP contribution in [0.15, 0.2) is 0 Å². The summed E-state index contributed by atoms with van der Waals surface area (Å²) in [5.74, 6) is 0. The SMILES string of the molecule is O[C@@H]1COCC[C@H]1Br. The van der Waals surface area contributed by atoms with Gasteiger partial charge in [0.05, 0.1) is 12.7 Å². The molecule has 0 radical (unpaired) electrons. The highest BCUT2D eigenvalue weighted by atomic mass is 79.9.